The van der Waals surface area contributed by atoms with E-state index < -0.39 is 0 Å². The normalized spacial score (nSPS) is 13.4. The van der Waals surface area contributed by atoms with Crippen LogP contribution in [0.4, 0.5) is 0 Å². The Labute approximate surface area is 89.4 Å². The van der Waals surface area contributed by atoms with Crippen LogP contribution in [0.25, 0.3) is 0 Å². The average Bonchev–Trinajstić information content (AvgIpc) is 2.61. The molecule has 1 aromatic heterocycles. The molecule has 0 bridgehead atoms. The predicted octanol–water partition coefficient (Wildman–Crippen LogP) is -0.353. The number of hydrogen-bond donors (Lipinski definition) is 1. The first-order chi connectivity index (χ1) is 7.15. The lowest BCUT2D eigenvalue weighted by atomic mass is 10.2. The van der Waals surface area contributed by atoms with Crippen molar-refractivity contribution in [3.05, 3.63) is 11.7 Å². The second-order valence-electron chi connectivity index (χ2n) is 3.64. The summed E-state index contributed by atoms with van der Waals surface area (Å²) in [5.74, 6) is 1.26. The molecule has 1 heterocycles. The molecule has 0 aliphatic carbocycles. The highest BCUT2D eigenvalue weighted by molar-refractivity contribution is 4.88. The molecule has 0 saturated heterocycles. The Morgan fingerprint density at radius 2 is 2.27 bits per heavy atom. The highest BCUT2D eigenvalue weighted by Gasteiger charge is 2.12. The summed E-state index contributed by atoms with van der Waals surface area (Å²) in [6.45, 7) is 1.12. The third-order valence-electron chi connectivity index (χ3n) is 1.97. The van der Waals surface area contributed by atoms with Crippen molar-refractivity contribution in [3.8, 4) is 0 Å². The molecule has 1 rings (SSSR count). The van der Waals surface area contributed by atoms with Crippen LogP contribution in [0.5, 0.6) is 0 Å². The lowest BCUT2D eigenvalue weighted by Gasteiger charge is -2.08. The molecule has 6 heteroatoms. The molecule has 0 aliphatic rings. The minimum absolute atomic E-state index is 0.0577. The molecule has 0 radical (unpaired) electrons. The first-order valence-electron chi connectivity index (χ1n) is 4.84. The van der Waals surface area contributed by atoms with Crippen LogP contribution in [-0.4, -0.2) is 48.9 Å². The van der Waals surface area contributed by atoms with Crippen molar-refractivity contribution in [2.24, 2.45) is 5.73 Å². The molecule has 0 fully saturated rings. The van der Waals surface area contributed by atoms with E-state index in [2.05, 4.69) is 10.1 Å². The predicted molar refractivity (Wildman–Crippen MR) is 55.2 cm³/mol. The van der Waals surface area contributed by atoms with E-state index in [1.807, 2.05) is 19.0 Å². The van der Waals surface area contributed by atoms with Crippen molar-refractivity contribution < 1.29 is 9.26 Å². The number of methoxy groups -OCH3 is 1. The van der Waals surface area contributed by atoms with Crippen molar-refractivity contribution in [2.45, 2.75) is 19.1 Å². The van der Waals surface area contributed by atoms with Crippen molar-refractivity contribution in [1.29, 1.82) is 0 Å². The molecule has 15 heavy (non-hydrogen) atoms. The third-order valence-corrected chi connectivity index (χ3v) is 1.97. The van der Waals surface area contributed by atoms with Gasteiger partial charge in [0.15, 0.2) is 5.82 Å². The quantitative estimate of drug-likeness (QED) is 0.697. The molecule has 0 spiro atoms. The Bertz CT molecular complexity index is 283. The van der Waals surface area contributed by atoms with Gasteiger partial charge >= 0.3 is 0 Å². The average molecular weight is 214 g/mol. The van der Waals surface area contributed by atoms with E-state index in [1.165, 1.54) is 0 Å². The SMILES string of the molecule is COC(CN)Cc1nc(CN(C)C)no1. The highest BCUT2D eigenvalue weighted by Crippen LogP contribution is 2.04. The number of nitrogens with two attached hydrogens (primary N) is 1. The molecule has 0 amide bonds. The van der Waals surface area contributed by atoms with Crippen LogP contribution < -0.4 is 5.73 Å². The van der Waals surface area contributed by atoms with Gasteiger partial charge in [0, 0.05) is 13.7 Å². The Kier molecular flexibility index (Phi) is 4.67. The van der Waals surface area contributed by atoms with Gasteiger partial charge in [0.05, 0.1) is 19.1 Å². The largest absolute Gasteiger partial charge is 0.380 e. The lowest BCUT2D eigenvalue weighted by molar-refractivity contribution is 0.102. The molecule has 0 aliphatic heterocycles. The second-order valence-corrected chi connectivity index (χ2v) is 3.64. The Balaban J connectivity index is 2.52. The summed E-state index contributed by atoms with van der Waals surface area (Å²) in [5, 5.41) is 3.85. The van der Waals surface area contributed by atoms with Crippen molar-refractivity contribution in [1.82, 2.24) is 15.0 Å². The van der Waals surface area contributed by atoms with Gasteiger partial charge in [-0.25, -0.2) is 0 Å². The summed E-state index contributed by atoms with van der Waals surface area (Å²) in [4.78, 5) is 6.21. The fourth-order valence-electron chi connectivity index (χ4n) is 1.18. The monoisotopic (exact) mass is 214 g/mol. The minimum Gasteiger partial charge on any atom is -0.380 e. The summed E-state index contributed by atoms with van der Waals surface area (Å²) in [6, 6.07) is 0. The first kappa shape index (κ1) is 12.1. The Hall–Kier alpha value is -0.980. The number of rotatable bonds is 6. The highest BCUT2D eigenvalue weighted by atomic mass is 16.5. The number of aromatic nitrogens is 2. The van der Waals surface area contributed by atoms with Gasteiger partial charge in [0.1, 0.15) is 0 Å². The molecule has 86 valence electrons. The van der Waals surface area contributed by atoms with Crippen LogP contribution >= 0.6 is 0 Å². The van der Waals surface area contributed by atoms with E-state index in [0.717, 1.165) is 0 Å². The minimum atomic E-state index is -0.0577. The van der Waals surface area contributed by atoms with Gasteiger partial charge in [0.2, 0.25) is 5.89 Å². The maximum atomic E-state index is 5.50. The smallest absolute Gasteiger partial charge is 0.229 e. The van der Waals surface area contributed by atoms with E-state index in [-0.39, 0.29) is 6.10 Å². The first-order valence-corrected chi connectivity index (χ1v) is 4.84. The van der Waals surface area contributed by atoms with E-state index >= 15 is 0 Å². The van der Waals surface area contributed by atoms with E-state index in [4.69, 9.17) is 15.0 Å². The number of hydrogen-bond acceptors (Lipinski definition) is 6. The summed E-state index contributed by atoms with van der Waals surface area (Å²) in [7, 11) is 5.52. The van der Waals surface area contributed by atoms with Gasteiger partial charge < -0.3 is 19.9 Å². The standard InChI is InChI=1S/C9H18N4O2/c1-13(2)6-8-11-9(15-12-8)4-7(5-10)14-3/h7H,4-6,10H2,1-3H3. The molecule has 1 atom stereocenters. The van der Waals surface area contributed by atoms with Crippen LogP contribution in [0.2, 0.25) is 0 Å². The van der Waals surface area contributed by atoms with Crippen molar-refractivity contribution in [3.63, 3.8) is 0 Å². The summed E-state index contributed by atoms with van der Waals surface area (Å²) in [5.41, 5.74) is 5.50. The molecule has 6 nitrogen and oxygen atoms in total. The molecule has 0 aromatic carbocycles. The zero-order valence-electron chi connectivity index (χ0n) is 9.43. The molecule has 1 aromatic rings. The van der Waals surface area contributed by atoms with Gasteiger partial charge in [-0.2, -0.15) is 4.98 Å². The van der Waals surface area contributed by atoms with E-state index in [1.54, 1.807) is 7.11 Å². The number of nitrogens with zero attached hydrogens (tertiary/aromatic N) is 3. The van der Waals surface area contributed by atoms with Gasteiger partial charge in [0.25, 0.3) is 0 Å². The Morgan fingerprint density at radius 1 is 1.53 bits per heavy atom. The van der Waals surface area contributed by atoms with Gasteiger partial charge in [-0.3, -0.25) is 0 Å². The van der Waals surface area contributed by atoms with Crippen molar-refractivity contribution in [2.75, 3.05) is 27.7 Å². The van der Waals surface area contributed by atoms with Crippen LogP contribution in [0.15, 0.2) is 4.52 Å². The molecule has 1 unspecified atom stereocenters. The summed E-state index contributed by atoms with van der Waals surface area (Å²) < 4.78 is 10.2. The topological polar surface area (TPSA) is 77.4 Å². The molecule has 2 N–H and O–H groups in total. The Morgan fingerprint density at radius 3 is 2.80 bits per heavy atom. The fourth-order valence-corrected chi connectivity index (χ4v) is 1.18. The van der Waals surface area contributed by atoms with Crippen LogP contribution in [0, 0.1) is 0 Å². The van der Waals surface area contributed by atoms with Gasteiger partial charge in [-0.05, 0) is 14.1 Å². The molecule has 0 saturated carbocycles. The molecular formula is C9H18N4O2. The zero-order valence-corrected chi connectivity index (χ0v) is 9.43. The van der Waals surface area contributed by atoms with E-state index in [9.17, 15) is 0 Å². The molecular weight excluding hydrogens is 196 g/mol. The van der Waals surface area contributed by atoms with Crippen LogP contribution in [0.1, 0.15) is 11.7 Å². The summed E-state index contributed by atoms with van der Waals surface area (Å²) >= 11 is 0. The number of ether oxygens (including phenoxy) is 1. The maximum absolute atomic E-state index is 5.50. The van der Waals surface area contributed by atoms with E-state index in [0.29, 0.717) is 31.2 Å². The second kappa shape index (κ2) is 5.79. The fraction of sp³-hybridized carbons (Fsp3) is 0.778. The van der Waals surface area contributed by atoms with Crippen molar-refractivity contribution >= 4 is 0 Å². The zero-order chi connectivity index (χ0) is 11.3. The van der Waals surface area contributed by atoms with Crippen LogP contribution in [-0.2, 0) is 17.7 Å². The van der Waals surface area contributed by atoms with Gasteiger partial charge in [-0.15, -0.1) is 0 Å². The third kappa shape index (κ3) is 3.94. The maximum Gasteiger partial charge on any atom is 0.229 e. The summed E-state index contributed by atoms with van der Waals surface area (Å²) in [6.07, 6.45) is 0.505. The van der Waals surface area contributed by atoms with Gasteiger partial charge in [-0.1, -0.05) is 5.16 Å². The lowest BCUT2D eigenvalue weighted by Crippen LogP contribution is -2.24. The van der Waals surface area contributed by atoms with Crippen LogP contribution in [0.3, 0.4) is 0 Å².